The molecule has 0 aliphatic carbocycles. The van der Waals surface area contributed by atoms with Crippen LogP contribution < -0.4 is 0 Å². The number of hydrogen-bond acceptors (Lipinski definition) is 2. The molecule has 2 aromatic rings. The molecule has 1 heterocycles. The van der Waals surface area contributed by atoms with Gasteiger partial charge in [0.25, 0.3) is 0 Å². The SMILES string of the molecule is O=Cc1ccncc1-c1c(Cl)c(Cl)c(Cl)c(Cl)c1Cl. The molecule has 2 rings (SSSR count). The quantitative estimate of drug-likeness (QED) is 0.385. The van der Waals surface area contributed by atoms with Crippen molar-refractivity contribution in [3.8, 4) is 11.1 Å². The summed E-state index contributed by atoms with van der Waals surface area (Å²) in [5.74, 6) is 0. The van der Waals surface area contributed by atoms with Gasteiger partial charge in [0.15, 0.2) is 6.29 Å². The van der Waals surface area contributed by atoms with E-state index in [2.05, 4.69) is 4.98 Å². The van der Waals surface area contributed by atoms with Crippen LogP contribution in [0.15, 0.2) is 18.5 Å². The lowest BCUT2D eigenvalue weighted by Crippen LogP contribution is -1.92. The predicted molar refractivity (Wildman–Crippen MR) is 80.1 cm³/mol. The molecular formula is C12H4Cl5NO. The number of pyridine rings is 1. The summed E-state index contributed by atoms with van der Waals surface area (Å²) >= 11 is 30.2. The van der Waals surface area contributed by atoms with Gasteiger partial charge in [0.1, 0.15) is 0 Å². The van der Waals surface area contributed by atoms with Gasteiger partial charge < -0.3 is 0 Å². The van der Waals surface area contributed by atoms with E-state index in [1.54, 1.807) is 0 Å². The maximum absolute atomic E-state index is 11.1. The second-order valence-electron chi connectivity index (χ2n) is 3.53. The molecule has 1 aromatic heterocycles. The Kier molecular flexibility index (Phi) is 4.59. The van der Waals surface area contributed by atoms with E-state index < -0.39 is 0 Å². The molecule has 0 saturated carbocycles. The Hall–Kier alpha value is -0.510. The summed E-state index contributed by atoms with van der Waals surface area (Å²) in [4.78, 5) is 15.0. The molecule has 0 unspecified atom stereocenters. The van der Waals surface area contributed by atoms with Gasteiger partial charge in [-0.05, 0) is 6.07 Å². The summed E-state index contributed by atoms with van der Waals surface area (Å²) in [5.41, 5.74) is 1.14. The summed E-state index contributed by atoms with van der Waals surface area (Å²) in [6.07, 6.45) is 3.60. The summed E-state index contributed by atoms with van der Waals surface area (Å²) in [7, 11) is 0. The summed E-state index contributed by atoms with van der Waals surface area (Å²) in [6, 6.07) is 1.53. The Balaban J connectivity index is 2.87. The highest BCUT2D eigenvalue weighted by atomic mass is 35.5. The van der Waals surface area contributed by atoms with E-state index in [9.17, 15) is 4.79 Å². The molecule has 0 amide bonds. The first-order valence-electron chi connectivity index (χ1n) is 4.90. The van der Waals surface area contributed by atoms with Crippen LogP contribution in [0.1, 0.15) is 10.4 Å². The highest BCUT2D eigenvalue weighted by Crippen LogP contribution is 2.48. The molecule has 2 nitrogen and oxygen atoms in total. The van der Waals surface area contributed by atoms with Crippen molar-refractivity contribution in [2.45, 2.75) is 0 Å². The van der Waals surface area contributed by atoms with Crippen molar-refractivity contribution in [2.24, 2.45) is 0 Å². The fourth-order valence-corrected chi connectivity index (χ4v) is 2.90. The Morgan fingerprint density at radius 2 is 1.42 bits per heavy atom. The minimum Gasteiger partial charge on any atom is -0.298 e. The fourth-order valence-electron chi connectivity index (χ4n) is 1.56. The van der Waals surface area contributed by atoms with Crippen LogP contribution in [0.4, 0.5) is 0 Å². The molecule has 7 heteroatoms. The van der Waals surface area contributed by atoms with Gasteiger partial charge in [-0.15, -0.1) is 0 Å². The highest BCUT2D eigenvalue weighted by molar-refractivity contribution is 6.56. The van der Waals surface area contributed by atoms with E-state index in [0.717, 1.165) is 0 Å². The summed E-state index contributed by atoms with van der Waals surface area (Å²) in [5, 5.41) is 0.467. The standard InChI is InChI=1S/C12H4Cl5NO/c13-8-7(6-3-18-2-1-5(6)4-19)9(14)11(16)12(17)10(8)15/h1-4H. The Labute approximate surface area is 134 Å². The van der Waals surface area contributed by atoms with E-state index in [1.807, 2.05) is 0 Å². The summed E-state index contributed by atoms with van der Waals surface area (Å²) in [6.45, 7) is 0. The van der Waals surface area contributed by atoms with Crippen molar-refractivity contribution in [1.29, 1.82) is 0 Å². The smallest absolute Gasteiger partial charge is 0.150 e. The van der Waals surface area contributed by atoms with Crippen molar-refractivity contribution >= 4 is 64.3 Å². The molecular weight excluding hydrogens is 351 g/mol. The first-order valence-corrected chi connectivity index (χ1v) is 6.79. The maximum atomic E-state index is 11.1. The molecule has 0 N–H and O–H groups in total. The number of rotatable bonds is 2. The van der Waals surface area contributed by atoms with E-state index in [-0.39, 0.29) is 25.1 Å². The number of nitrogens with zero attached hydrogens (tertiary/aromatic N) is 1. The van der Waals surface area contributed by atoms with E-state index in [1.165, 1.54) is 18.5 Å². The zero-order valence-electron chi connectivity index (χ0n) is 9.05. The molecule has 98 valence electrons. The lowest BCUT2D eigenvalue weighted by atomic mass is 10.0. The van der Waals surface area contributed by atoms with Crippen LogP contribution >= 0.6 is 58.0 Å². The number of aromatic nitrogens is 1. The van der Waals surface area contributed by atoms with Gasteiger partial charge in [-0.25, -0.2) is 0 Å². The van der Waals surface area contributed by atoms with Crippen LogP contribution in [-0.4, -0.2) is 11.3 Å². The molecule has 0 bridgehead atoms. The topological polar surface area (TPSA) is 30.0 Å². The Morgan fingerprint density at radius 3 is 1.95 bits per heavy atom. The van der Waals surface area contributed by atoms with Gasteiger partial charge in [0, 0.05) is 29.1 Å². The van der Waals surface area contributed by atoms with Gasteiger partial charge in [-0.3, -0.25) is 9.78 Å². The minimum atomic E-state index is 0.0682. The zero-order valence-corrected chi connectivity index (χ0v) is 12.8. The van der Waals surface area contributed by atoms with Crippen LogP contribution in [0.5, 0.6) is 0 Å². The lowest BCUT2D eigenvalue weighted by molar-refractivity contribution is 0.112. The molecule has 19 heavy (non-hydrogen) atoms. The van der Waals surface area contributed by atoms with E-state index in [0.29, 0.717) is 23.0 Å². The second kappa shape index (κ2) is 5.86. The van der Waals surface area contributed by atoms with Crippen molar-refractivity contribution in [3.63, 3.8) is 0 Å². The van der Waals surface area contributed by atoms with Crippen molar-refractivity contribution in [2.75, 3.05) is 0 Å². The third-order valence-corrected chi connectivity index (χ3v) is 4.74. The first-order chi connectivity index (χ1) is 8.99. The average Bonchev–Trinajstić information content (AvgIpc) is 2.44. The Bertz CT molecular complexity index is 642. The molecule has 0 fully saturated rings. The highest BCUT2D eigenvalue weighted by Gasteiger charge is 2.22. The summed E-state index contributed by atoms with van der Waals surface area (Å²) < 4.78 is 0. The molecule has 0 atom stereocenters. The zero-order chi connectivity index (χ0) is 14.2. The minimum absolute atomic E-state index is 0.0682. The van der Waals surface area contributed by atoms with Gasteiger partial charge >= 0.3 is 0 Å². The van der Waals surface area contributed by atoms with Crippen LogP contribution in [0.25, 0.3) is 11.1 Å². The van der Waals surface area contributed by atoms with E-state index in [4.69, 9.17) is 58.0 Å². The van der Waals surface area contributed by atoms with E-state index >= 15 is 0 Å². The number of carbonyl (C=O) groups excluding carboxylic acids is 1. The van der Waals surface area contributed by atoms with Crippen LogP contribution in [-0.2, 0) is 0 Å². The van der Waals surface area contributed by atoms with Crippen molar-refractivity contribution in [1.82, 2.24) is 4.98 Å². The number of carbonyl (C=O) groups is 1. The molecule has 0 spiro atoms. The average molecular weight is 355 g/mol. The van der Waals surface area contributed by atoms with Gasteiger partial charge in [0.05, 0.1) is 25.1 Å². The van der Waals surface area contributed by atoms with Gasteiger partial charge in [-0.2, -0.15) is 0 Å². The van der Waals surface area contributed by atoms with Crippen LogP contribution in [0, 0.1) is 0 Å². The number of aldehydes is 1. The Morgan fingerprint density at radius 1 is 0.895 bits per heavy atom. The third-order valence-electron chi connectivity index (χ3n) is 2.46. The second-order valence-corrected chi connectivity index (χ2v) is 5.42. The first kappa shape index (κ1) is 14.9. The third kappa shape index (κ3) is 2.56. The largest absolute Gasteiger partial charge is 0.298 e. The van der Waals surface area contributed by atoms with Gasteiger partial charge in [-0.1, -0.05) is 58.0 Å². The maximum Gasteiger partial charge on any atom is 0.150 e. The van der Waals surface area contributed by atoms with Crippen molar-refractivity contribution in [3.05, 3.63) is 49.1 Å². The number of benzene rings is 1. The monoisotopic (exact) mass is 353 g/mol. The molecule has 0 radical (unpaired) electrons. The molecule has 1 aromatic carbocycles. The van der Waals surface area contributed by atoms with Crippen LogP contribution in [0.2, 0.25) is 25.1 Å². The van der Waals surface area contributed by atoms with Gasteiger partial charge in [0.2, 0.25) is 0 Å². The molecule has 0 saturated heterocycles. The van der Waals surface area contributed by atoms with Crippen molar-refractivity contribution < 1.29 is 4.79 Å². The predicted octanol–water partition coefficient (Wildman–Crippen LogP) is 5.83. The normalized spacial score (nSPS) is 10.6. The number of halogens is 5. The lowest BCUT2D eigenvalue weighted by Gasteiger charge is -2.13. The fraction of sp³-hybridized carbons (Fsp3) is 0. The molecule has 0 aliphatic rings. The molecule has 0 aliphatic heterocycles. The van der Waals surface area contributed by atoms with Crippen LogP contribution in [0.3, 0.4) is 0 Å². The number of hydrogen-bond donors (Lipinski definition) is 0.